The van der Waals surface area contributed by atoms with E-state index >= 15 is 0 Å². The van der Waals surface area contributed by atoms with Crippen LogP contribution < -0.4 is 5.73 Å². The minimum Gasteiger partial charge on any atom is -0.383 e. The van der Waals surface area contributed by atoms with E-state index in [2.05, 4.69) is 9.97 Å². The third kappa shape index (κ3) is 2.25. The molecule has 0 saturated carbocycles. The molecule has 94 valence electrons. The second-order valence-corrected chi connectivity index (χ2v) is 4.90. The summed E-state index contributed by atoms with van der Waals surface area (Å²) in [7, 11) is 0. The molecule has 0 radical (unpaired) electrons. The lowest BCUT2D eigenvalue weighted by Gasteiger charge is -2.06. The lowest BCUT2D eigenvalue weighted by Crippen LogP contribution is -1.98. The van der Waals surface area contributed by atoms with Crippen molar-refractivity contribution in [2.24, 2.45) is 0 Å². The number of benzene rings is 2. The van der Waals surface area contributed by atoms with Gasteiger partial charge in [0, 0.05) is 16.0 Å². The van der Waals surface area contributed by atoms with E-state index in [1.807, 2.05) is 49.4 Å². The van der Waals surface area contributed by atoms with Gasteiger partial charge in [0.2, 0.25) is 0 Å². The summed E-state index contributed by atoms with van der Waals surface area (Å²) in [5.74, 6) is 1.11. The fourth-order valence-electron chi connectivity index (χ4n) is 1.99. The van der Waals surface area contributed by atoms with Gasteiger partial charge in [-0.05, 0) is 43.3 Å². The van der Waals surface area contributed by atoms with Crippen LogP contribution in [0.25, 0.3) is 22.3 Å². The van der Waals surface area contributed by atoms with Gasteiger partial charge in [-0.3, -0.25) is 0 Å². The number of nitrogens with zero attached hydrogens (tertiary/aromatic N) is 2. The summed E-state index contributed by atoms with van der Waals surface area (Å²) in [4.78, 5) is 8.91. The van der Waals surface area contributed by atoms with E-state index in [1.165, 1.54) is 0 Å². The Morgan fingerprint density at radius 2 is 1.74 bits per heavy atom. The van der Waals surface area contributed by atoms with Crippen molar-refractivity contribution < 1.29 is 0 Å². The Hall–Kier alpha value is -2.13. The van der Waals surface area contributed by atoms with Gasteiger partial charge in [-0.15, -0.1) is 0 Å². The molecular weight excluding hydrogens is 258 g/mol. The van der Waals surface area contributed by atoms with Crippen LogP contribution in [0.2, 0.25) is 5.02 Å². The first kappa shape index (κ1) is 11.9. The monoisotopic (exact) mass is 269 g/mol. The molecular formula is C15H12ClN3. The molecule has 2 aromatic carbocycles. The molecule has 1 heterocycles. The summed E-state index contributed by atoms with van der Waals surface area (Å²) in [6.07, 6.45) is 0. The molecule has 4 heteroatoms. The normalized spacial score (nSPS) is 10.8. The van der Waals surface area contributed by atoms with Gasteiger partial charge in [0.05, 0.1) is 5.52 Å². The first-order valence-corrected chi connectivity index (χ1v) is 6.31. The Morgan fingerprint density at radius 1 is 1.00 bits per heavy atom. The fourth-order valence-corrected chi connectivity index (χ4v) is 2.12. The molecule has 0 saturated heterocycles. The van der Waals surface area contributed by atoms with Crippen molar-refractivity contribution in [2.75, 3.05) is 5.73 Å². The van der Waals surface area contributed by atoms with Crippen LogP contribution in [0, 0.1) is 6.92 Å². The Balaban J connectivity index is 2.20. The highest BCUT2D eigenvalue weighted by atomic mass is 35.5. The summed E-state index contributed by atoms with van der Waals surface area (Å²) in [5.41, 5.74) is 8.91. The molecule has 0 aliphatic heterocycles. The van der Waals surface area contributed by atoms with E-state index in [0.29, 0.717) is 16.7 Å². The van der Waals surface area contributed by atoms with E-state index in [1.54, 1.807) is 0 Å². The van der Waals surface area contributed by atoms with Crippen molar-refractivity contribution in [2.45, 2.75) is 6.92 Å². The molecule has 0 atom stereocenters. The second kappa shape index (κ2) is 4.52. The second-order valence-electron chi connectivity index (χ2n) is 4.46. The summed E-state index contributed by atoms with van der Waals surface area (Å²) in [6.45, 7) is 2.02. The van der Waals surface area contributed by atoms with Gasteiger partial charge < -0.3 is 5.73 Å². The molecule has 0 aliphatic rings. The predicted octanol–water partition coefficient (Wildman–Crippen LogP) is 3.84. The van der Waals surface area contributed by atoms with Crippen molar-refractivity contribution >= 4 is 28.3 Å². The van der Waals surface area contributed by atoms with Gasteiger partial charge in [-0.2, -0.15) is 0 Å². The van der Waals surface area contributed by atoms with Crippen LogP contribution in [0.4, 0.5) is 5.82 Å². The Labute approximate surface area is 116 Å². The number of nitrogen functional groups attached to an aromatic ring is 1. The Kier molecular flexibility index (Phi) is 2.84. The first-order valence-electron chi connectivity index (χ1n) is 5.93. The van der Waals surface area contributed by atoms with Crippen LogP contribution in [0.1, 0.15) is 5.56 Å². The minimum absolute atomic E-state index is 0.499. The quantitative estimate of drug-likeness (QED) is 0.730. The van der Waals surface area contributed by atoms with Crippen molar-refractivity contribution in [1.82, 2.24) is 9.97 Å². The number of hydrogen-bond acceptors (Lipinski definition) is 3. The van der Waals surface area contributed by atoms with Crippen LogP contribution in [-0.4, -0.2) is 9.97 Å². The molecule has 3 rings (SSSR count). The standard InChI is InChI=1S/C15H12ClN3/c1-9-2-7-13-12(8-9)14(17)19-15(18-13)10-3-5-11(16)6-4-10/h2-8H,1H3,(H2,17,18,19). The van der Waals surface area contributed by atoms with Crippen molar-refractivity contribution in [3.05, 3.63) is 53.1 Å². The summed E-state index contributed by atoms with van der Waals surface area (Å²) in [5, 5.41) is 1.57. The molecule has 3 nitrogen and oxygen atoms in total. The van der Waals surface area contributed by atoms with Gasteiger partial charge in [0.15, 0.2) is 5.82 Å². The van der Waals surface area contributed by atoms with E-state index in [4.69, 9.17) is 17.3 Å². The number of fused-ring (bicyclic) bond motifs is 1. The lowest BCUT2D eigenvalue weighted by molar-refractivity contribution is 1.23. The predicted molar refractivity (Wildman–Crippen MR) is 79.1 cm³/mol. The van der Waals surface area contributed by atoms with E-state index < -0.39 is 0 Å². The summed E-state index contributed by atoms with van der Waals surface area (Å²) in [6, 6.07) is 13.4. The minimum atomic E-state index is 0.499. The number of aromatic nitrogens is 2. The third-order valence-corrected chi connectivity index (χ3v) is 3.24. The lowest BCUT2D eigenvalue weighted by atomic mass is 10.1. The maximum absolute atomic E-state index is 6.02. The maximum atomic E-state index is 6.02. The SMILES string of the molecule is Cc1ccc2nc(-c3ccc(Cl)cc3)nc(N)c2c1. The zero-order valence-electron chi connectivity index (χ0n) is 10.4. The van der Waals surface area contributed by atoms with Crippen molar-refractivity contribution in [3.63, 3.8) is 0 Å². The van der Waals surface area contributed by atoms with Gasteiger partial charge in [0.1, 0.15) is 5.82 Å². The highest BCUT2D eigenvalue weighted by Gasteiger charge is 2.07. The smallest absolute Gasteiger partial charge is 0.162 e. The topological polar surface area (TPSA) is 51.8 Å². The molecule has 0 aliphatic carbocycles. The highest BCUT2D eigenvalue weighted by molar-refractivity contribution is 6.30. The van der Waals surface area contributed by atoms with Gasteiger partial charge in [0.25, 0.3) is 0 Å². The number of aryl methyl sites for hydroxylation is 1. The molecule has 19 heavy (non-hydrogen) atoms. The number of rotatable bonds is 1. The van der Waals surface area contributed by atoms with Gasteiger partial charge >= 0.3 is 0 Å². The molecule has 2 N–H and O–H groups in total. The Morgan fingerprint density at radius 3 is 2.47 bits per heavy atom. The molecule has 0 fully saturated rings. The maximum Gasteiger partial charge on any atom is 0.162 e. The number of hydrogen-bond donors (Lipinski definition) is 1. The van der Waals surface area contributed by atoms with E-state index in [0.717, 1.165) is 22.0 Å². The Bertz CT molecular complexity index is 751. The molecule has 1 aromatic heterocycles. The van der Waals surface area contributed by atoms with Crippen molar-refractivity contribution in [3.8, 4) is 11.4 Å². The van der Waals surface area contributed by atoms with Crippen LogP contribution in [0.15, 0.2) is 42.5 Å². The molecule has 3 aromatic rings. The number of anilines is 1. The van der Waals surface area contributed by atoms with Crippen molar-refractivity contribution in [1.29, 1.82) is 0 Å². The number of nitrogens with two attached hydrogens (primary N) is 1. The van der Waals surface area contributed by atoms with Crippen LogP contribution in [0.5, 0.6) is 0 Å². The van der Waals surface area contributed by atoms with E-state index in [-0.39, 0.29) is 0 Å². The average molecular weight is 270 g/mol. The highest BCUT2D eigenvalue weighted by Crippen LogP contribution is 2.24. The molecule has 0 bridgehead atoms. The van der Waals surface area contributed by atoms with Gasteiger partial charge in [-0.25, -0.2) is 9.97 Å². The van der Waals surface area contributed by atoms with Crippen LogP contribution in [0.3, 0.4) is 0 Å². The zero-order chi connectivity index (χ0) is 13.4. The largest absolute Gasteiger partial charge is 0.383 e. The van der Waals surface area contributed by atoms with E-state index in [9.17, 15) is 0 Å². The number of halogens is 1. The zero-order valence-corrected chi connectivity index (χ0v) is 11.1. The van der Waals surface area contributed by atoms with Crippen LogP contribution >= 0.6 is 11.6 Å². The van der Waals surface area contributed by atoms with Crippen LogP contribution in [-0.2, 0) is 0 Å². The molecule has 0 amide bonds. The third-order valence-electron chi connectivity index (χ3n) is 2.98. The first-order chi connectivity index (χ1) is 9.13. The fraction of sp³-hybridized carbons (Fsp3) is 0.0667. The summed E-state index contributed by atoms with van der Waals surface area (Å²) < 4.78 is 0. The molecule has 0 spiro atoms. The van der Waals surface area contributed by atoms with Gasteiger partial charge in [-0.1, -0.05) is 23.2 Å². The average Bonchev–Trinajstić information content (AvgIpc) is 2.40. The molecule has 0 unspecified atom stereocenters. The summed E-state index contributed by atoms with van der Waals surface area (Å²) >= 11 is 5.88.